The van der Waals surface area contributed by atoms with Gasteiger partial charge in [0.25, 0.3) is 0 Å². The monoisotopic (exact) mass is 197 g/mol. The maximum absolute atomic E-state index is 8.78. The van der Waals surface area contributed by atoms with Crippen molar-refractivity contribution in [3.8, 4) is 0 Å². The van der Waals surface area contributed by atoms with Crippen molar-refractivity contribution in [1.29, 1.82) is 0 Å². The Morgan fingerprint density at radius 3 is 2.79 bits per heavy atom. The van der Waals surface area contributed by atoms with E-state index in [1.54, 1.807) is 0 Å². The fraction of sp³-hybridized carbons (Fsp3) is 0.700. The molecule has 0 spiro atoms. The van der Waals surface area contributed by atoms with E-state index in [4.69, 9.17) is 5.11 Å². The van der Waals surface area contributed by atoms with Crippen molar-refractivity contribution in [3.63, 3.8) is 0 Å². The van der Waals surface area contributed by atoms with Gasteiger partial charge in [0, 0.05) is 29.9 Å². The second kappa shape index (κ2) is 5.12. The first-order chi connectivity index (χ1) is 6.65. The number of aliphatic hydroxyl groups excluding tert-OH is 1. The van der Waals surface area contributed by atoms with Gasteiger partial charge >= 0.3 is 0 Å². The lowest BCUT2D eigenvalue weighted by molar-refractivity contribution is 0.264. The molecule has 0 saturated heterocycles. The van der Waals surface area contributed by atoms with E-state index < -0.39 is 0 Å². The SMILES string of the molecule is Cc1[nH]ncc1C(C)NC(C)CCO. The molecule has 0 aliphatic heterocycles. The smallest absolute Gasteiger partial charge is 0.0537 e. The average molecular weight is 197 g/mol. The normalized spacial score (nSPS) is 15.4. The fourth-order valence-corrected chi connectivity index (χ4v) is 1.59. The minimum absolute atomic E-state index is 0.227. The number of rotatable bonds is 5. The first kappa shape index (κ1) is 11.2. The van der Waals surface area contributed by atoms with Gasteiger partial charge in [0.15, 0.2) is 0 Å². The van der Waals surface area contributed by atoms with Crippen LogP contribution in [0.4, 0.5) is 0 Å². The van der Waals surface area contributed by atoms with E-state index in [1.165, 1.54) is 5.56 Å². The molecule has 0 radical (unpaired) electrons. The fourth-order valence-electron chi connectivity index (χ4n) is 1.59. The number of aliphatic hydroxyl groups is 1. The Hall–Kier alpha value is -0.870. The van der Waals surface area contributed by atoms with Gasteiger partial charge in [0.1, 0.15) is 0 Å². The summed E-state index contributed by atoms with van der Waals surface area (Å²) in [5, 5.41) is 19.1. The molecule has 0 amide bonds. The van der Waals surface area contributed by atoms with Crippen LogP contribution in [0.3, 0.4) is 0 Å². The lowest BCUT2D eigenvalue weighted by atomic mass is 10.1. The number of hydrogen-bond donors (Lipinski definition) is 3. The number of nitrogens with zero attached hydrogens (tertiary/aromatic N) is 1. The molecule has 1 aromatic rings. The zero-order valence-electron chi connectivity index (χ0n) is 9.04. The third-order valence-corrected chi connectivity index (χ3v) is 2.43. The molecule has 0 fully saturated rings. The van der Waals surface area contributed by atoms with E-state index in [9.17, 15) is 0 Å². The summed E-state index contributed by atoms with van der Waals surface area (Å²) in [4.78, 5) is 0. The summed E-state index contributed by atoms with van der Waals surface area (Å²) in [6, 6.07) is 0.597. The van der Waals surface area contributed by atoms with E-state index in [0.717, 1.165) is 12.1 Å². The molecule has 0 saturated carbocycles. The van der Waals surface area contributed by atoms with Gasteiger partial charge in [0.05, 0.1) is 6.20 Å². The van der Waals surface area contributed by atoms with E-state index in [-0.39, 0.29) is 12.6 Å². The van der Waals surface area contributed by atoms with Crippen molar-refractivity contribution in [2.75, 3.05) is 6.61 Å². The third kappa shape index (κ3) is 2.82. The number of hydrogen-bond acceptors (Lipinski definition) is 3. The van der Waals surface area contributed by atoms with Crippen LogP contribution in [0.15, 0.2) is 6.20 Å². The molecule has 4 heteroatoms. The quantitative estimate of drug-likeness (QED) is 0.663. The molecule has 0 aromatic carbocycles. The molecule has 4 nitrogen and oxygen atoms in total. The van der Waals surface area contributed by atoms with Crippen LogP contribution in [-0.4, -0.2) is 28.0 Å². The zero-order valence-corrected chi connectivity index (χ0v) is 9.04. The van der Waals surface area contributed by atoms with Gasteiger partial charge in [-0.15, -0.1) is 0 Å². The molecule has 1 rings (SSSR count). The standard InChI is InChI=1S/C10H19N3O/c1-7(4-5-14)12-8(2)10-6-11-13-9(10)3/h6-8,12,14H,4-5H2,1-3H3,(H,11,13). The highest BCUT2D eigenvalue weighted by molar-refractivity contribution is 5.18. The van der Waals surface area contributed by atoms with Gasteiger partial charge < -0.3 is 10.4 Å². The predicted octanol–water partition coefficient (Wildman–Crippen LogP) is 1.14. The maximum atomic E-state index is 8.78. The van der Waals surface area contributed by atoms with Gasteiger partial charge in [-0.3, -0.25) is 5.10 Å². The van der Waals surface area contributed by atoms with Gasteiger partial charge in [-0.2, -0.15) is 5.10 Å². The van der Waals surface area contributed by atoms with E-state index in [1.807, 2.05) is 13.1 Å². The lowest BCUT2D eigenvalue weighted by Crippen LogP contribution is -2.29. The van der Waals surface area contributed by atoms with Gasteiger partial charge in [-0.25, -0.2) is 0 Å². The van der Waals surface area contributed by atoms with Crippen LogP contribution in [0.1, 0.15) is 37.6 Å². The summed E-state index contributed by atoms with van der Waals surface area (Å²) >= 11 is 0. The molecule has 3 N–H and O–H groups in total. The van der Waals surface area contributed by atoms with Crippen molar-refractivity contribution in [1.82, 2.24) is 15.5 Å². The number of aromatic amines is 1. The Balaban J connectivity index is 2.50. The molecule has 80 valence electrons. The summed E-state index contributed by atoms with van der Waals surface area (Å²) in [5.74, 6) is 0. The van der Waals surface area contributed by atoms with Crippen LogP contribution < -0.4 is 5.32 Å². The van der Waals surface area contributed by atoms with Crippen LogP contribution in [0.25, 0.3) is 0 Å². The highest BCUT2D eigenvalue weighted by Crippen LogP contribution is 2.15. The first-order valence-electron chi connectivity index (χ1n) is 5.02. The Bertz CT molecular complexity index is 272. The molecule has 0 aliphatic rings. The van der Waals surface area contributed by atoms with Crippen LogP contribution in [0.2, 0.25) is 0 Å². The van der Waals surface area contributed by atoms with Crippen molar-refractivity contribution < 1.29 is 5.11 Å². The number of aromatic nitrogens is 2. The van der Waals surface area contributed by atoms with Crippen LogP contribution >= 0.6 is 0 Å². The van der Waals surface area contributed by atoms with E-state index >= 15 is 0 Å². The number of H-pyrrole nitrogens is 1. The molecular formula is C10H19N3O. The van der Waals surface area contributed by atoms with Gasteiger partial charge in [-0.05, 0) is 27.2 Å². The minimum Gasteiger partial charge on any atom is -0.396 e. The highest BCUT2D eigenvalue weighted by Gasteiger charge is 2.12. The van der Waals surface area contributed by atoms with Gasteiger partial charge in [-0.1, -0.05) is 0 Å². The van der Waals surface area contributed by atoms with E-state index in [2.05, 4.69) is 29.4 Å². The zero-order chi connectivity index (χ0) is 10.6. The summed E-state index contributed by atoms with van der Waals surface area (Å²) in [6.07, 6.45) is 2.62. The number of aryl methyl sites for hydroxylation is 1. The summed E-state index contributed by atoms with van der Waals surface area (Å²) in [5.41, 5.74) is 2.29. The molecule has 0 bridgehead atoms. The molecule has 1 aromatic heterocycles. The van der Waals surface area contributed by atoms with Crippen molar-refractivity contribution in [2.45, 2.75) is 39.3 Å². The Labute approximate surface area is 84.7 Å². The average Bonchev–Trinajstić information content (AvgIpc) is 2.51. The Morgan fingerprint density at radius 2 is 2.29 bits per heavy atom. The van der Waals surface area contributed by atoms with Crippen LogP contribution in [0.5, 0.6) is 0 Å². The molecule has 0 aliphatic carbocycles. The van der Waals surface area contributed by atoms with Crippen LogP contribution in [-0.2, 0) is 0 Å². The predicted molar refractivity (Wildman–Crippen MR) is 56.0 cm³/mol. The molecule has 2 unspecified atom stereocenters. The van der Waals surface area contributed by atoms with Crippen molar-refractivity contribution >= 4 is 0 Å². The molecular weight excluding hydrogens is 178 g/mol. The summed E-state index contributed by atoms with van der Waals surface area (Å²) < 4.78 is 0. The van der Waals surface area contributed by atoms with Crippen molar-refractivity contribution in [2.24, 2.45) is 0 Å². The molecule has 1 heterocycles. The topological polar surface area (TPSA) is 60.9 Å². The molecule has 14 heavy (non-hydrogen) atoms. The Kier molecular flexibility index (Phi) is 4.10. The summed E-state index contributed by atoms with van der Waals surface area (Å²) in [7, 11) is 0. The second-order valence-electron chi connectivity index (χ2n) is 3.75. The number of nitrogens with one attached hydrogen (secondary N) is 2. The largest absolute Gasteiger partial charge is 0.396 e. The maximum Gasteiger partial charge on any atom is 0.0537 e. The minimum atomic E-state index is 0.227. The second-order valence-corrected chi connectivity index (χ2v) is 3.75. The van der Waals surface area contributed by atoms with Crippen molar-refractivity contribution in [3.05, 3.63) is 17.5 Å². The van der Waals surface area contributed by atoms with Crippen LogP contribution in [0, 0.1) is 6.92 Å². The highest BCUT2D eigenvalue weighted by atomic mass is 16.3. The molecule has 2 atom stereocenters. The first-order valence-corrected chi connectivity index (χ1v) is 5.02. The summed E-state index contributed by atoms with van der Waals surface area (Å²) in [6.45, 7) is 6.41. The van der Waals surface area contributed by atoms with E-state index in [0.29, 0.717) is 6.04 Å². The third-order valence-electron chi connectivity index (χ3n) is 2.43. The Morgan fingerprint density at radius 1 is 1.57 bits per heavy atom. The lowest BCUT2D eigenvalue weighted by Gasteiger charge is -2.18. The van der Waals surface area contributed by atoms with Gasteiger partial charge in [0.2, 0.25) is 0 Å².